The van der Waals surface area contributed by atoms with Gasteiger partial charge in [0.1, 0.15) is 6.10 Å². The highest BCUT2D eigenvalue weighted by Gasteiger charge is 2.23. The third kappa shape index (κ3) is 33.8. The smallest absolute Gasteiger partial charge is 0.249 e. The normalized spacial score (nSPS) is 13.5. The van der Waals surface area contributed by atoms with E-state index >= 15 is 0 Å². The standard InChI is InChI=1S/C43H87NO4/c1-3-5-7-9-11-13-14-15-16-17-18-19-20-21-22-23-24-25-26-27-28-30-31-33-35-37-41(46)40(39-45)44-43(48)42(47)38-36-34-32-29-12-10-8-6-4-2/h40-42,45-47H,3-39H2,1-2H3,(H,44,48). The van der Waals surface area contributed by atoms with Gasteiger partial charge in [-0.15, -0.1) is 0 Å². The van der Waals surface area contributed by atoms with Gasteiger partial charge in [-0.2, -0.15) is 0 Å². The van der Waals surface area contributed by atoms with Crippen LogP contribution in [0, 0.1) is 0 Å². The summed E-state index contributed by atoms with van der Waals surface area (Å²) in [5.74, 6) is -0.470. The van der Waals surface area contributed by atoms with E-state index in [1.54, 1.807) is 0 Å². The molecule has 0 aliphatic heterocycles. The summed E-state index contributed by atoms with van der Waals surface area (Å²) in [6.07, 6.45) is 44.1. The molecule has 0 aromatic carbocycles. The zero-order valence-electron chi connectivity index (χ0n) is 32.6. The molecule has 5 heteroatoms. The number of unbranched alkanes of at least 4 members (excludes halogenated alkanes) is 32. The van der Waals surface area contributed by atoms with Gasteiger partial charge in [-0.05, 0) is 12.8 Å². The largest absolute Gasteiger partial charge is 0.394 e. The fourth-order valence-corrected chi connectivity index (χ4v) is 7.02. The number of aliphatic hydroxyl groups is 3. The molecule has 3 atom stereocenters. The lowest BCUT2D eigenvalue weighted by atomic mass is 10.0. The lowest BCUT2D eigenvalue weighted by Gasteiger charge is -2.23. The molecule has 1 amide bonds. The predicted octanol–water partition coefficient (Wildman–Crippen LogP) is 12.3. The Morgan fingerprint density at radius 1 is 0.417 bits per heavy atom. The maximum Gasteiger partial charge on any atom is 0.249 e. The van der Waals surface area contributed by atoms with Crippen LogP contribution in [0.1, 0.15) is 245 Å². The summed E-state index contributed by atoms with van der Waals surface area (Å²) < 4.78 is 0. The van der Waals surface area contributed by atoms with E-state index in [2.05, 4.69) is 19.2 Å². The van der Waals surface area contributed by atoms with Gasteiger partial charge in [-0.25, -0.2) is 0 Å². The highest BCUT2D eigenvalue weighted by atomic mass is 16.3. The van der Waals surface area contributed by atoms with Crippen LogP contribution in [-0.4, -0.2) is 46.1 Å². The Hall–Kier alpha value is -0.650. The van der Waals surface area contributed by atoms with Crippen molar-refractivity contribution in [2.24, 2.45) is 0 Å². The fraction of sp³-hybridized carbons (Fsp3) is 0.977. The molecule has 0 aromatic heterocycles. The van der Waals surface area contributed by atoms with E-state index in [1.807, 2.05) is 0 Å². The van der Waals surface area contributed by atoms with Gasteiger partial charge in [0, 0.05) is 0 Å². The highest BCUT2D eigenvalue weighted by Crippen LogP contribution is 2.17. The Morgan fingerprint density at radius 2 is 0.667 bits per heavy atom. The van der Waals surface area contributed by atoms with E-state index < -0.39 is 24.2 Å². The summed E-state index contributed by atoms with van der Waals surface area (Å²) in [5, 5.41) is 33.2. The van der Waals surface area contributed by atoms with Gasteiger partial charge in [-0.3, -0.25) is 4.79 Å². The summed E-state index contributed by atoms with van der Waals surface area (Å²) in [4.78, 5) is 12.4. The first-order valence-electron chi connectivity index (χ1n) is 21.8. The van der Waals surface area contributed by atoms with E-state index in [9.17, 15) is 20.1 Å². The van der Waals surface area contributed by atoms with Gasteiger partial charge in [0.25, 0.3) is 0 Å². The average Bonchev–Trinajstić information content (AvgIpc) is 3.09. The van der Waals surface area contributed by atoms with Crippen molar-refractivity contribution >= 4 is 5.91 Å². The van der Waals surface area contributed by atoms with Crippen molar-refractivity contribution in [1.82, 2.24) is 5.32 Å². The van der Waals surface area contributed by atoms with Crippen molar-refractivity contribution in [2.45, 2.75) is 263 Å². The molecule has 3 unspecified atom stereocenters. The van der Waals surface area contributed by atoms with Gasteiger partial charge in [0.15, 0.2) is 0 Å². The highest BCUT2D eigenvalue weighted by molar-refractivity contribution is 5.80. The van der Waals surface area contributed by atoms with Gasteiger partial charge in [0.2, 0.25) is 5.91 Å². The molecule has 0 aromatic rings. The fourth-order valence-electron chi connectivity index (χ4n) is 7.02. The molecule has 5 nitrogen and oxygen atoms in total. The second kappa shape index (κ2) is 39.1. The molecule has 288 valence electrons. The van der Waals surface area contributed by atoms with Crippen LogP contribution in [0.4, 0.5) is 0 Å². The van der Waals surface area contributed by atoms with E-state index in [0.29, 0.717) is 12.8 Å². The van der Waals surface area contributed by atoms with Crippen molar-refractivity contribution in [1.29, 1.82) is 0 Å². The lowest BCUT2D eigenvalue weighted by molar-refractivity contribution is -0.131. The summed E-state index contributed by atoms with van der Waals surface area (Å²) in [7, 11) is 0. The minimum Gasteiger partial charge on any atom is -0.394 e. The van der Waals surface area contributed by atoms with Crippen LogP contribution in [0.5, 0.6) is 0 Å². The predicted molar refractivity (Wildman–Crippen MR) is 209 cm³/mol. The van der Waals surface area contributed by atoms with Crippen LogP contribution in [0.15, 0.2) is 0 Å². The number of nitrogens with one attached hydrogen (secondary N) is 1. The van der Waals surface area contributed by atoms with Crippen molar-refractivity contribution in [3.05, 3.63) is 0 Å². The number of carbonyl (C=O) groups is 1. The molecule has 0 heterocycles. The third-order valence-electron chi connectivity index (χ3n) is 10.5. The third-order valence-corrected chi connectivity index (χ3v) is 10.5. The maximum atomic E-state index is 12.4. The Balaban J connectivity index is 3.49. The van der Waals surface area contributed by atoms with Crippen LogP contribution < -0.4 is 5.32 Å². The van der Waals surface area contributed by atoms with Crippen molar-refractivity contribution in [2.75, 3.05) is 6.61 Å². The quantitative estimate of drug-likeness (QED) is 0.0485. The topological polar surface area (TPSA) is 89.8 Å². The van der Waals surface area contributed by atoms with Crippen molar-refractivity contribution in [3.8, 4) is 0 Å². The Kier molecular flexibility index (Phi) is 38.6. The SMILES string of the molecule is CCCCCCCCCCCCCCCCCCCCCCCCCCCC(O)C(CO)NC(=O)C(O)CCCCCCCCCCC. The first-order chi connectivity index (χ1) is 23.6. The van der Waals surface area contributed by atoms with Crippen LogP contribution in [0.2, 0.25) is 0 Å². The van der Waals surface area contributed by atoms with Gasteiger partial charge in [-0.1, -0.05) is 232 Å². The van der Waals surface area contributed by atoms with Crippen LogP contribution in [-0.2, 0) is 4.79 Å². The van der Waals surface area contributed by atoms with Crippen molar-refractivity contribution < 1.29 is 20.1 Å². The number of hydrogen-bond acceptors (Lipinski definition) is 4. The minimum absolute atomic E-state index is 0.308. The number of amides is 1. The number of rotatable bonds is 40. The van der Waals surface area contributed by atoms with E-state index in [-0.39, 0.29) is 6.61 Å². The summed E-state index contributed by atoms with van der Waals surface area (Å²) in [6.45, 7) is 4.22. The first-order valence-corrected chi connectivity index (χ1v) is 21.8. The molecule has 0 saturated heterocycles. The van der Waals surface area contributed by atoms with Crippen LogP contribution >= 0.6 is 0 Å². The molecule has 0 rings (SSSR count). The zero-order chi connectivity index (χ0) is 35.2. The first kappa shape index (κ1) is 47.4. The lowest BCUT2D eigenvalue weighted by Crippen LogP contribution is -2.49. The van der Waals surface area contributed by atoms with E-state index in [4.69, 9.17) is 0 Å². The van der Waals surface area contributed by atoms with Gasteiger partial charge < -0.3 is 20.6 Å². The molecule has 4 N–H and O–H groups in total. The maximum absolute atomic E-state index is 12.4. The molecule has 0 fully saturated rings. The van der Waals surface area contributed by atoms with Crippen LogP contribution in [0.25, 0.3) is 0 Å². The molecule has 0 bridgehead atoms. The molecule has 0 radical (unpaired) electrons. The molecule has 0 spiro atoms. The summed E-state index contributed by atoms with van der Waals surface area (Å²) >= 11 is 0. The second-order valence-corrected chi connectivity index (χ2v) is 15.3. The monoisotopic (exact) mass is 682 g/mol. The van der Waals surface area contributed by atoms with Crippen LogP contribution in [0.3, 0.4) is 0 Å². The minimum atomic E-state index is -1.07. The second-order valence-electron chi connectivity index (χ2n) is 15.3. The Morgan fingerprint density at radius 3 is 0.938 bits per heavy atom. The summed E-state index contributed by atoms with van der Waals surface area (Å²) in [6, 6.07) is -0.704. The zero-order valence-corrected chi connectivity index (χ0v) is 32.6. The average molecular weight is 682 g/mol. The van der Waals surface area contributed by atoms with Gasteiger partial charge in [0.05, 0.1) is 18.8 Å². The summed E-state index contributed by atoms with van der Waals surface area (Å²) in [5.41, 5.74) is 0. The molecular weight excluding hydrogens is 594 g/mol. The number of hydrogen-bond donors (Lipinski definition) is 4. The number of carbonyl (C=O) groups excluding carboxylic acids is 1. The number of aliphatic hydroxyl groups excluding tert-OH is 3. The Labute approximate surface area is 300 Å². The van der Waals surface area contributed by atoms with E-state index in [1.165, 1.54) is 186 Å². The molecule has 0 saturated carbocycles. The molecule has 0 aliphatic rings. The van der Waals surface area contributed by atoms with E-state index in [0.717, 1.165) is 32.1 Å². The molecule has 48 heavy (non-hydrogen) atoms. The Bertz CT molecular complexity index is 630. The molecular formula is C43H87NO4. The molecule has 0 aliphatic carbocycles. The van der Waals surface area contributed by atoms with Crippen molar-refractivity contribution in [3.63, 3.8) is 0 Å². The van der Waals surface area contributed by atoms with Gasteiger partial charge >= 0.3 is 0 Å².